The van der Waals surface area contributed by atoms with Crippen molar-refractivity contribution in [3.05, 3.63) is 0 Å². The monoisotopic (exact) mass is 202 g/mol. The van der Waals surface area contributed by atoms with E-state index in [0.29, 0.717) is 13.0 Å². The van der Waals surface area contributed by atoms with Crippen LogP contribution in [0, 0.1) is 0 Å². The summed E-state index contributed by atoms with van der Waals surface area (Å²) in [5.74, 6) is -0.766. The molecule has 1 unspecified atom stereocenters. The molecule has 0 aromatic heterocycles. The van der Waals surface area contributed by atoms with E-state index in [1.165, 1.54) is 0 Å². The van der Waals surface area contributed by atoms with Crippen molar-refractivity contribution in [2.45, 2.75) is 39.3 Å². The summed E-state index contributed by atoms with van der Waals surface area (Å²) in [7, 11) is 0. The molecule has 0 heterocycles. The van der Waals surface area contributed by atoms with Gasteiger partial charge in [0.15, 0.2) is 0 Å². The van der Waals surface area contributed by atoms with Gasteiger partial charge in [-0.25, -0.2) is 4.79 Å². The van der Waals surface area contributed by atoms with E-state index < -0.39 is 18.1 Å². The maximum atomic E-state index is 11.2. The van der Waals surface area contributed by atoms with Crippen molar-refractivity contribution in [2.24, 2.45) is 5.73 Å². The molecule has 0 saturated heterocycles. The molecule has 5 nitrogen and oxygen atoms in total. The second-order valence-electron chi connectivity index (χ2n) is 3.00. The van der Waals surface area contributed by atoms with Crippen LogP contribution in [0.3, 0.4) is 0 Å². The summed E-state index contributed by atoms with van der Waals surface area (Å²) in [5, 5.41) is 2.48. The molecule has 1 amide bonds. The maximum Gasteiger partial charge on any atom is 0.328 e. The van der Waals surface area contributed by atoms with Crippen molar-refractivity contribution < 1.29 is 14.3 Å². The van der Waals surface area contributed by atoms with Gasteiger partial charge in [-0.2, -0.15) is 0 Å². The number of esters is 1. The molecule has 14 heavy (non-hydrogen) atoms. The van der Waals surface area contributed by atoms with Gasteiger partial charge in [0.05, 0.1) is 12.6 Å². The fraction of sp³-hybridized carbons (Fsp3) is 0.778. The predicted molar refractivity (Wildman–Crippen MR) is 52.5 cm³/mol. The summed E-state index contributed by atoms with van der Waals surface area (Å²) in [6.45, 7) is 5.39. The zero-order chi connectivity index (χ0) is 11.1. The average Bonchev–Trinajstić information content (AvgIpc) is 2.16. The quantitative estimate of drug-likeness (QED) is 0.604. The van der Waals surface area contributed by atoms with Crippen molar-refractivity contribution in [1.29, 1.82) is 0 Å². The lowest BCUT2D eigenvalue weighted by atomic mass is 10.2. The lowest BCUT2D eigenvalue weighted by Crippen LogP contribution is -2.47. The van der Waals surface area contributed by atoms with Crippen LogP contribution in [-0.2, 0) is 14.3 Å². The molecule has 0 aromatic rings. The van der Waals surface area contributed by atoms with Gasteiger partial charge in [0.2, 0.25) is 5.91 Å². The lowest BCUT2D eigenvalue weighted by Gasteiger charge is -2.15. The van der Waals surface area contributed by atoms with Gasteiger partial charge < -0.3 is 15.8 Å². The zero-order valence-electron chi connectivity index (χ0n) is 8.87. The Hall–Kier alpha value is -1.10. The number of amides is 1. The standard InChI is InChI=1S/C9H18N2O3/c1-4-7(10)8(12)11-6(3)9(13)14-5-2/h6-7H,4-5,10H2,1-3H3,(H,11,12)/t6?,7-/m0/s1. The van der Waals surface area contributed by atoms with Crippen molar-refractivity contribution >= 4 is 11.9 Å². The molecule has 0 aromatic carbocycles. The molecule has 0 aliphatic carbocycles. The van der Waals surface area contributed by atoms with Gasteiger partial charge in [-0.15, -0.1) is 0 Å². The van der Waals surface area contributed by atoms with Gasteiger partial charge in [-0.3, -0.25) is 4.79 Å². The van der Waals surface area contributed by atoms with Crippen molar-refractivity contribution in [3.8, 4) is 0 Å². The summed E-state index contributed by atoms with van der Waals surface area (Å²) in [6.07, 6.45) is 0.543. The first-order chi connectivity index (χ1) is 6.52. The molecule has 3 N–H and O–H groups in total. The fourth-order valence-corrected chi connectivity index (χ4v) is 0.832. The van der Waals surface area contributed by atoms with Gasteiger partial charge in [0.1, 0.15) is 6.04 Å². The predicted octanol–water partition coefficient (Wildman–Crippen LogP) is -0.208. The SMILES string of the molecule is CCOC(=O)C(C)NC(=O)[C@@H](N)CC. The Morgan fingerprint density at radius 2 is 2.00 bits per heavy atom. The Bertz CT molecular complexity index is 206. The van der Waals surface area contributed by atoms with E-state index in [9.17, 15) is 9.59 Å². The number of ether oxygens (including phenoxy) is 1. The third-order valence-corrected chi connectivity index (χ3v) is 1.78. The molecule has 2 atom stereocenters. The van der Waals surface area contributed by atoms with Crippen molar-refractivity contribution in [3.63, 3.8) is 0 Å². The second-order valence-corrected chi connectivity index (χ2v) is 3.00. The van der Waals surface area contributed by atoms with E-state index in [1.807, 2.05) is 0 Å². The highest BCUT2D eigenvalue weighted by molar-refractivity contribution is 5.87. The van der Waals surface area contributed by atoms with Crippen LogP contribution in [0.25, 0.3) is 0 Å². The molecule has 5 heteroatoms. The molecule has 0 bridgehead atoms. The minimum atomic E-state index is -0.639. The van der Waals surface area contributed by atoms with Crippen molar-refractivity contribution in [1.82, 2.24) is 5.32 Å². The topological polar surface area (TPSA) is 81.4 Å². The number of hydrogen-bond donors (Lipinski definition) is 2. The second kappa shape index (κ2) is 6.37. The van der Waals surface area contributed by atoms with Gasteiger partial charge in [-0.05, 0) is 20.3 Å². The van der Waals surface area contributed by atoms with Crippen LogP contribution in [0.2, 0.25) is 0 Å². The van der Waals surface area contributed by atoms with Gasteiger partial charge in [0, 0.05) is 0 Å². The largest absolute Gasteiger partial charge is 0.464 e. The van der Waals surface area contributed by atoms with E-state index in [1.54, 1.807) is 20.8 Å². The normalized spacial score (nSPS) is 14.3. The first-order valence-electron chi connectivity index (χ1n) is 4.75. The maximum absolute atomic E-state index is 11.2. The summed E-state index contributed by atoms with van der Waals surface area (Å²) >= 11 is 0. The molecule has 0 saturated carbocycles. The molecule has 82 valence electrons. The van der Waals surface area contributed by atoms with Crippen LogP contribution in [0.1, 0.15) is 27.2 Å². The third-order valence-electron chi connectivity index (χ3n) is 1.78. The first kappa shape index (κ1) is 12.9. The zero-order valence-corrected chi connectivity index (χ0v) is 8.87. The van der Waals surface area contributed by atoms with E-state index in [4.69, 9.17) is 10.5 Å². The average molecular weight is 202 g/mol. The van der Waals surface area contributed by atoms with E-state index >= 15 is 0 Å². The Balaban J connectivity index is 3.99. The number of nitrogens with one attached hydrogen (secondary N) is 1. The van der Waals surface area contributed by atoms with Crippen molar-refractivity contribution in [2.75, 3.05) is 6.61 Å². The first-order valence-corrected chi connectivity index (χ1v) is 4.75. The molecular formula is C9H18N2O3. The molecule has 0 spiro atoms. The van der Waals surface area contributed by atoms with Crippen LogP contribution in [-0.4, -0.2) is 30.6 Å². The number of hydrogen-bond acceptors (Lipinski definition) is 4. The van der Waals surface area contributed by atoms with Crippen LogP contribution in [0.15, 0.2) is 0 Å². The minimum absolute atomic E-state index is 0.304. The molecule has 0 radical (unpaired) electrons. The number of rotatable bonds is 5. The highest BCUT2D eigenvalue weighted by Gasteiger charge is 2.19. The van der Waals surface area contributed by atoms with Crippen LogP contribution in [0.4, 0.5) is 0 Å². The highest BCUT2D eigenvalue weighted by atomic mass is 16.5. The Morgan fingerprint density at radius 3 is 2.43 bits per heavy atom. The molecule has 0 aliphatic heterocycles. The summed E-state index contributed by atoms with van der Waals surface area (Å²) in [4.78, 5) is 22.4. The van der Waals surface area contributed by atoms with Gasteiger partial charge in [0.25, 0.3) is 0 Å². The number of carbonyl (C=O) groups excluding carboxylic acids is 2. The Morgan fingerprint density at radius 1 is 1.43 bits per heavy atom. The Labute approximate surface area is 84.0 Å². The molecule has 0 fully saturated rings. The number of nitrogens with two attached hydrogens (primary N) is 1. The molecular weight excluding hydrogens is 184 g/mol. The van der Waals surface area contributed by atoms with E-state index in [2.05, 4.69) is 5.32 Å². The van der Waals surface area contributed by atoms with E-state index in [0.717, 1.165) is 0 Å². The van der Waals surface area contributed by atoms with Gasteiger partial charge >= 0.3 is 5.97 Å². The van der Waals surface area contributed by atoms with Gasteiger partial charge in [-0.1, -0.05) is 6.92 Å². The summed E-state index contributed by atoms with van der Waals surface area (Å²) < 4.78 is 4.72. The van der Waals surface area contributed by atoms with Crippen LogP contribution >= 0.6 is 0 Å². The summed E-state index contributed by atoms with van der Waals surface area (Å²) in [6, 6.07) is -1.20. The molecule has 0 rings (SSSR count). The van der Waals surface area contributed by atoms with Crippen LogP contribution < -0.4 is 11.1 Å². The fourth-order valence-electron chi connectivity index (χ4n) is 0.832. The minimum Gasteiger partial charge on any atom is -0.464 e. The van der Waals surface area contributed by atoms with Crippen LogP contribution in [0.5, 0.6) is 0 Å². The van der Waals surface area contributed by atoms with E-state index in [-0.39, 0.29) is 5.91 Å². The highest BCUT2D eigenvalue weighted by Crippen LogP contribution is 1.91. The lowest BCUT2D eigenvalue weighted by molar-refractivity contribution is -0.147. The number of carbonyl (C=O) groups is 2. The summed E-state index contributed by atoms with van der Waals surface area (Å²) in [5.41, 5.74) is 5.47. The third kappa shape index (κ3) is 4.23. The smallest absolute Gasteiger partial charge is 0.328 e. The molecule has 0 aliphatic rings. The Kier molecular flexibility index (Phi) is 5.87.